The Hall–Kier alpha value is -1.58. The summed E-state index contributed by atoms with van der Waals surface area (Å²) in [5.41, 5.74) is 0.462. The van der Waals surface area contributed by atoms with Gasteiger partial charge in [-0.15, -0.1) is 0 Å². The Balaban J connectivity index is -0.000000238. The van der Waals surface area contributed by atoms with E-state index in [9.17, 15) is 9.59 Å². The first kappa shape index (κ1) is 21.7. The van der Waals surface area contributed by atoms with Crippen molar-refractivity contribution in [3.63, 3.8) is 0 Å². The Morgan fingerprint density at radius 2 is 1.56 bits per heavy atom. The van der Waals surface area contributed by atoms with Crippen LogP contribution in [0.5, 0.6) is 0 Å². The van der Waals surface area contributed by atoms with E-state index >= 15 is 0 Å². The molecule has 0 radical (unpaired) electrons. The zero-order valence-electron chi connectivity index (χ0n) is 11.0. The summed E-state index contributed by atoms with van der Waals surface area (Å²) in [6.07, 6.45) is 2.88. The second-order valence-corrected chi connectivity index (χ2v) is 3.29. The lowest BCUT2D eigenvalue weighted by Gasteiger charge is -1.99. The minimum atomic E-state index is -0.341. The average Bonchev–Trinajstić information content (AvgIpc) is 2.33. The summed E-state index contributed by atoms with van der Waals surface area (Å²) in [6.45, 7) is 13.2. The second kappa shape index (κ2) is 15.4. The Bertz CT molecular complexity index is 257. The van der Waals surface area contributed by atoms with Crippen LogP contribution in [-0.4, -0.2) is 25.2 Å². The van der Waals surface area contributed by atoms with Crippen LogP contribution in [0.3, 0.4) is 0 Å². The van der Waals surface area contributed by atoms with Crippen molar-refractivity contribution in [2.24, 2.45) is 0 Å². The van der Waals surface area contributed by atoms with Gasteiger partial charge in [-0.3, -0.25) is 0 Å². The van der Waals surface area contributed by atoms with Crippen molar-refractivity contribution >= 4 is 11.9 Å². The predicted molar refractivity (Wildman–Crippen MR) is 74.2 cm³/mol. The van der Waals surface area contributed by atoms with Crippen molar-refractivity contribution in [2.45, 2.75) is 41.0 Å². The molecule has 0 aliphatic heterocycles. The SMILES string of the molecule is C.C=C(C)C(=O)OCCC.C=CC(=O)OCCC. The molecule has 0 amide bonds. The molecular formula is C14H26O4. The van der Waals surface area contributed by atoms with E-state index in [1.807, 2.05) is 13.8 Å². The summed E-state index contributed by atoms with van der Waals surface area (Å²) in [5, 5.41) is 0. The molecule has 0 aromatic carbocycles. The minimum Gasteiger partial charge on any atom is -0.463 e. The van der Waals surface area contributed by atoms with Gasteiger partial charge >= 0.3 is 11.9 Å². The third-order valence-corrected chi connectivity index (χ3v) is 1.40. The zero-order valence-corrected chi connectivity index (χ0v) is 11.0. The molecule has 0 saturated carbocycles. The van der Waals surface area contributed by atoms with Gasteiger partial charge < -0.3 is 9.47 Å². The highest BCUT2D eigenvalue weighted by atomic mass is 16.5. The number of carbonyl (C=O) groups excluding carboxylic acids is 2. The van der Waals surface area contributed by atoms with Gasteiger partial charge in [0.25, 0.3) is 0 Å². The van der Waals surface area contributed by atoms with Crippen molar-refractivity contribution in [2.75, 3.05) is 13.2 Å². The molecule has 0 spiro atoms. The Kier molecular flexibility index (Phi) is 18.6. The van der Waals surface area contributed by atoms with Crippen LogP contribution in [0.15, 0.2) is 24.8 Å². The fraction of sp³-hybridized carbons (Fsp3) is 0.571. The zero-order chi connectivity index (χ0) is 13.7. The highest BCUT2D eigenvalue weighted by Crippen LogP contribution is 1.91. The number of rotatable bonds is 6. The number of hydrogen-bond donors (Lipinski definition) is 0. The lowest BCUT2D eigenvalue weighted by molar-refractivity contribution is -0.139. The van der Waals surface area contributed by atoms with Gasteiger partial charge in [-0.05, 0) is 19.8 Å². The summed E-state index contributed by atoms with van der Waals surface area (Å²) in [4.78, 5) is 20.8. The van der Waals surface area contributed by atoms with Gasteiger partial charge in [0.15, 0.2) is 0 Å². The highest BCUT2D eigenvalue weighted by Gasteiger charge is 1.99. The largest absolute Gasteiger partial charge is 0.463 e. The molecule has 0 aliphatic rings. The van der Waals surface area contributed by atoms with E-state index in [1.165, 1.54) is 0 Å². The van der Waals surface area contributed by atoms with E-state index < -0.39 is 0 Å². The molecule has 18 heavy (non-hydrogen) atoms. The normalized spacial score (nSPS) is 7.94. The molecule has 106 valence electrons. The van der Waals surface area contributed by atoms with Gasteiger partial charge in [-0.1, -0.05) is 34.4 Å². The van der Waals surface area contributed by atoms with Crippen LogP contribution < -0.4 is 0 Å². The maximum atomic E-state index is 10.6. The van der Waals surface area contributed by atoms with Crippen molar-refractivity contribution in [1.29, 1.82) is 0 Å². The van der Waals surface area contributed by atoms with Crippen LogP contribution in [0.4, 0.5) is 0 Å². The maximum absolute atomic E-state index is 10.6. The monoisotopic (exact) mass is 258 g/mol. The van der Waals surface area contributed by atoms with Crippen molar-refractivity contribution < 1.29 is 19.1 Å². The maximum Gasteiger partial charge on any atom is 0.333 e. The molecule has 0 aliphatic carbocycles. The first-order valence-electron chi connectivity index (χ1n) is 5.61. The molecule has 0 rings (SSSR count). The van der Waals surface area contributed by atoms with Crippen LogP contribution in [0.2, 0.25) is 0 Å². The minimum absolute atomic E-state index is 0. The molecule has 0 atom stereocenters. The summed E-state index contributed by atoms with van der Waals surface area (Å²) >= 11 is 0. The van der Waals surface area contributed by atoms with E-state index in [1.54, 1.807) is 6.92 Å². The van der Waals surface area contributed by atoms with Gasteiger partial charge in [0.2, 0.25) is 0 Å². The highest BCUT2D eigenvalue weighted by molar-refractivity contribution is 5.86. The molecule has 0 aromatic heterocycles. The molecular weight excluding hydrogens is 232 g/mol. The predicted octanol–water partition coefficient (Wildman–Crippen LogP) is 3.28. The lowest BCUT2D eigenvalue weighted by atomic mass is 10.4. The van der Waals surface area contributed by atoms with Crippen molar-refractivity contribution in [3.05, 3.63) is 24.8 Å². The molecule has 0 fully saturated rings. The summed E-state index contributed by atoms with van der Waals surface area (Å²) in [6, 6.07) is 0. The summed E-state index contributed by atoms with van der Waals surface area (Å²) in [7, 11) is 0. The molecule has 0 saturated heterocycles. The van der Waals surface area contributed by atoms with Crippen LogP contribution in [0.25, 0.3) is 0 Å². The Morgan fingerprint density at radius 1 is 1.11 bits per heavy atom. The quantitative estimate of drug-likeness (QED) is 0.542. The summed E-state index contributed by atoms with van der Waals surface area (Å²) < 4.78 is 9.30. The van der Waals surface area contributed by atoms with Gasteiger partial charge in [-0.25, -0.2) is 9.59 Å². The van der Waals surface area contributed by atoms with Crippen molar-refractivity contribution in [3.8, 4) is 0 Å². The number of carbonyl (C=O) groups is 2. The van der Waals surface area contributed by atoms with E-state index in [0.29, 0.717) is 18.8 Å². The van der Waals surface area contributed by atoms with Crippen molar-refractivity contribution in [1.82, 2.24) is 0 Å². The molecule has 0 aromatic rings. The molecule has 0 heterocycles. The molecule has 0 bridgehead atoms. The number of ether oxygens (including phenoxy) is 2. The molecule has 0 N–H and O–H groups in total. The lowest BCUT2D eigenvalue weighted by Crippen LogP contribution is -2.04. The van der Waals surface area contributed by atoms with Gasteiger partial charge in [0.1, 0.15) is 0 Å². The standard InChI is InChI=1S/C7H12O2.C6H10O2.CH4/c1-4-5-9-7(8)6(2)3;1-3-5-8-6(7)4-2;/h2,4-5H2,1,3H3;4H,2-3,5H2,1H3;1H4. The van der Waals surface area contributed by atoms with E-state index in [2.05, 4.69) is 17.9 Å². The van der Waals surface area contributed by atoms with Crippen LogP contribution in [-0.2, 0) is 19.1 Å². The number of hydrogen-bond acceptors (Lipinski definition) is 4. The topological polar surface area (TPSA) is 52.6 Å². The van der Waals surface area contributed by atoms with E-state index in [-0.39, 0.29) is 19.4 Å². The Labute approximate surface area is 111 Å². The van der Waals surface area contributed by atoms with Gasteiger partial charge in [-0.2, -0.15) is 0 Å². The Morgan fingerprint density at radius 3 is 1.89 bits per heavy atom. The first-order valence-corrected chi connectivity index (χ1v) is 5.61. The molecule has 0 unspecified atom stereocenters. The second-order valence-electron chi connectivity index (χ2n) is 3.29. The molecule has 4 heteroatoms. The average molecular weight is 258 g/mol. The molecule has 4 nitrogen and oxygen atoms in total. The fourth-order valence-corrected chi connectivity index (χ4v) is 0.580. The van der Waals surface area contributed by atoms with Crippen LogP contribution in [0.1, 0.15) is 41.0 Å². The van der Waals surface area contributed by atoms with Crippen LogP contribution >= 0.6 is 0 Å². The smallest absolute Gasteiger partial charge is 0.333 e. The fourth-order valence-electron chi connectivity index (χ4n) is 0.580. The summed E-state index contributed by atoms with van der Waals surface area (Å²) in [5.74, 6) is -0.635. The third kappa shape index (κ3) is 16.8. The van der Waals surface area contributed by atoms with Gasteiger partial charge in [0.05, 0.1) is 13.2 Å². The third-order valence-electron chi connectivity index (χ3n) is 1.40. The van der Waals surface area contributed by atoms with Crippen LogP contribution in [0, 0.1) is 0 Å². The van der Waals surface area contributed by atoms with E-state index in [4.69, 9.17) is 4.74 Å². The van der Waals surface area contributed by atoms with E-state index in [0.717, 1.165) is 18.9 Å². The van der Waals surface area contributed by atoms with Gasteiger partial charge in [0, 0.05) is 11.6 Å². The first-order chi connectivity index (χ1) is 7.99. The number of esters is 2.